The van der Waals surface area contributed by atoms with Gasteiger partial charge in [-0.3, -0.25) is 13.9 Å². The Morgan fingerprint density at radius 2 is 2.04 bits per heavy atom. The third-order valence-corrected chi connectivity index (χ3v) is 5.51. The number of carbonyl (C=O) groups is 1. The Bertz CT molecular complexity index is 1100. The smallest absolute Gasteiger partial charge is 0.330 e. The number of fused-ring (bicyclic) bond motifs is 1. The Hall–Kier alpha value is -3.03. The third-order valence-electron chi connectivity index (χ3n) is 5.51. The lowest BCUT2D eigenvalue weighted by molar-refractivity contribution is 0.0676. The molecular weight excluding hydrogens is 361 g/mol. The van der Waals surface area contributed by atoms with Gasteiger partial charge in [0, 0.05) is 32.9 Å². The number of likely N-dealkylation sites (tertiary alicyclic amines) is 1. The molecule has 4 rings (SSSR count). The molecular formula is C20H22FN5O2. The van der Waals surface area contributed by atoms with Gasteiger partial charge in [0.25, 0.3) is 5.91 Å². The SMILES string of the molecule is Cc1cc(C(=O)N2CCC(Cn3c(=O)n(C)c4cccnc43)CC2)ncc1F. The largest absolute Gasteiger partial charge is 0.337 e. The molecule has 28 heavy (non-hydrogen) atoms. The first-order chi connectivity index (χ1) is 13.5. The number of aryl methyl sites for hydroxylation is 2. The molecule has 3 aromatic heterocycles. The van der Waals surface area contributed by atoms with Crippen LogP contribution in [0.3, 0.4) is 0 Å². The lowest BCUT2D eigenvalue weighted by Gasteiger charge is -2.32. The number of aromatic nitrogens is 4. The summed E-state index contributed by atoms with van der Waals surface area (Å²) in [4.78, 5) is 35.2. The van der Waals surface area contributed by atoms with Crippen LogP contribution in [0, 0.1) is 18.7 Å². The first kappa shape index (κ1) is 18.3. The van der Waals surface area contributed by atoms with Gasteiger partial charge in [-0.15, -0.1) is 0 Å². The summed E-state index contributed by atoms with van der Waals surface area (Å²) in [5.41, 5.74) is 2.12. The van der Waals surface area contributed by atoms with E-state index in [-0.39, 0.29) is 23.2 Å². The van der Waals surface area contributed by atoms with Gasteiger partial charge < -0.3 is 4.90 Å². The van der Waals surface area contributed by atoms with Gasteiger partial charge in [-0.2, -0.15) is 0 Å². The van der Waals surface area contributed by atoms with Crippen molar-refractivity contribution in [2.75, 3.05) is 13.1 Å². The molecule has 0 spiro atoms. The van der Waals surface area contributed by atoms with Gasteiger partial charge in [-0.1, -0.05) is 0 Å². The number of pyridine rings is 2. The summed E-state index contributed by atoms with van der Waals surface area (Å²) in [7, 11) is 1.75. The quantitative estimate of drug-likeness (QED) is 0.695. The summed E-state index contributed by atoms with van der Waals surface area (Å²) in [6.45, 7) is 3.39. The number of hydrogen-bond donors (Lipinski definition) is 0. The zero-order valence-corrected chi connectivity index (χ0v) is 15.9. The van der Waals surface area contributed by atoms with Gasteiger partial charge >= 0.3 is 5.69 Å². The summed E-state index contributed by atoms with van der Waals surface area (Å²) >= 11 is 0. The average molecular weight is 383 g/mol. The maximum absolute atomic E-state index is 13.4. The van der Waals surface area contributed by atoms with Gasteiger partial charge in [-0.05, 0) is 49.4 Å². The summed E-state index contributed by atoms with van der Waals surface area (Å²) in [6, 6.07) is 5.20. The highest BCUT2D eigenvalue weighted by Gasteiger charge is 2.26. The number of halogens is 1. The van der Waals surface area contributed by atoms with Crippen molar-refractivity contribution >= 4 is 17.1 Å². The molecule has 1 aliphatic heterocycles. The molecule has 1 saturated heterocycles. The summed E-state index contributed by atoms with van der Waals surface area (Å²) in [5, 5.41) is 0. The molecule has 0 saturated carbocycles. The van der Waals surface area contributed by atoms with E-state index in [0.717, 1.165) is 24.6 Å². The Kier molecular flexibility index (Phi) is 4.70. The lowest BCUT2D eigenvalue weighted by atomic mass is 9.96. The number of amides is 1. The topological polar surface area (TPSA) is 73.0 Å². The van der Waals surface area contributed by atoms with Crippen molar-refractivity contribution in [2.45, 2.75) is 26.3 Å². The average Bonchev–Trinajstić information content (AvgIpc) is 2.95. The van der Waals surface area contributed by atoms with Crippen LogP contribution in [-0.2, 0) is 13.6 Å². The second-order valence-electron chi connectivity index (χ2n) is 7.35. The zero-order valence-electron chi connectivity index (χ0n) is 15.9. The second-order valence-corrected chi connectivity index (χ2v) is 7.35. The van der Waals surface area contributed by atoms with Crippen molar-refractivity contribution in [3.8, 4) is 0 Å². The number of nitrogens with zero attached hydrogens (tertiary/aromatic N) is 5. The molecule has 0 N–H and O–H groups in total. The maximum Gasteiger partial charge on any atom is 0.330 e. The Balaban J connectivity index is 1.45. The van der Waals surface area contributed by atoms with Crippen molar-refractivity contribution in [3.63, 3.8) is 0 Å². The molecule has 4 heterocycles. The molecule has 1 aliphatic rings. The molecule has 146 valence electrons. The van der Waals surface area contributed by atoms with Crippen LogP contribution in [0.15, 0.2) is 35.4 Å². The van der Waals surface area contributed by atoms with Crippen LogP contribution in [0.1, 0.15) is 28.9 Å². The van der Waals surface area contributed by atoms with E-state index in [1.54, 1.807) is 34.2 Å². The fraction of sp³-hybridized carbons (Fsp3) is 0.400. The molecule has 8 heteroatoms. The molecule has 0 aromatic carbocycles. The van der Waals surface area contributed by atoms with Gasteiger partial charge in [0.05, 0.1) is 11.7 Å². The number of carbonyl (C=O) groups excluding carboxylic acids is 1. The van der Waals surface area contributed by atoms with Crippen molar-refractivity contribution in [3.05, 3.63) is 58.2 Å². The van der Waals surface area contributed by atoms with Crippen LogP contribution in [0.2, 0.25) is 0 Å². The normalized spacial score (nSPS) is 15.3. The van der Waals surface area contributed by atoms with Crippen LogP contribution in [-0.4, -0.2) is 43.0 Å². The van der Waals surface area contributed by atoms with Gasteiger partial charge in [-0.25, -0.2) is 19.2 Å². The highest BCUT2D eigenvalue weighted by Crippen LogP contribution is 2.22. The Labute approximate surface area is 161 Å². The van der Waals surface area contributed by atoms with Crippen LogP contribution in [0.5, 0.6) is 0 Å². The number of piperidine rings is 1. The van der Waals surface area contributed by atoms with E-state index < -0.39 is 5.82 Å². The Morgan fingerprint density at radius 3 is 2.75 bits per heavy atom. The maximum atomic E-state index is 13.4. The molecule has 3 aromatic rings. The summed E-state index contributed by atoms with van der Waals surface area (Å²) < 4.78 is 16.7. The summed E-state index contributed by atoms with van der Waals surface area (Å²) in [5.74, 6) is -0.299. The highest BCUT2D eigenvalue weighted by atomic mass is 19.1. The molecule has 1 fully saturated rings. The van der Waals surface area contributed by atoms with Gasteiger partial charge in [0.1, 0.15) is 11.5 Å². The van der Waals surface area contributed by atoms with E-state index in [9.17, 15) is 14.0 Å². The predicted octanol–water partition coefficient (Wildman–Crippen LogP) is 2.13. The minimum absolute atomic E-state index is 0.0711. The highest BCUT2D eigenvalue weighted by molar-refractivity contribution is 5.92. The number of imidazole rings is 1. The van der Waals surface area contributed by atoms with E-state index in [1.807, 2.05) is 12.1 Å². The molecule has 7 nitrogen and oxygen atoms in total. The van der Waals surface area contributed by atoms with E-state index >= 15 is 0 Å². The molecule has 0 bridgehead atoms. The van der Waals surface area contributed by atoms with E-state index in [2.05, 4.69) is 9.97 Å². The molecule has 1 amide bonds. The van der Waals surface area contributed by atoms with Crippen molar-refractivity contribution < 1.29 is 9.18 Å². The van der Waals surface area contributed by atoms with Gasteiger partial charge in [0.2, 0.25) is 0 Å². The minimum atomic E-state index is -0.413. The van der Waals surface area contributed by atoms with Crippen LogP contribution >= 0.6 is 0 Å². The lowest BCUT2D eigenvalue weighted by Crippen LogP contribution is -2.40. The first-order valence-corrected chi connectivity index (χ1v) is 9.37. The first-order valence-electron chi connectivity index (χ1n) is 9.37. The zero-order chi connectivity index (χ0) is 19.8. The van der Waals surface area contributed by atoms with Crippen molar-refractivity contribution in [2.24, 2.45) is 13.0 Å². The van der Waals surface area contributed by atoms with Gasteiger partial charge in [0.15, 0.2) is 5.65 Å². The number of rotatable bonds is 3. The second kappa shape index (κ2) is 7.18. The van der Waals surface area contributed by atoms with Crippen molar-refractivity contribution in [1.82, 2.24) is 24.0 Å². The molecule has 0 radical (unpaired) electrons. The fourth-order valence-corrected chi connectivity index (χ4v) is 3.79. The molecule has 0 aliphatic carbocycles. The number of hydrogen-bond acceptors (Lipinski definition) is 4. The standard InChI is InChI=1S/C20H22FN5O2/c1-13-10-16(23-11-15(13)21)19(27)25-8-5-14(6-9-25)12-26-18-17(4-3-7-22-18)24(2)20(26)28/h3-4,7,10-11,14H,5-6,8-9,12H2,1-2H3. The van der Waals surface area contributed by atoms with Crippen molar-refractivity contribution in [1.29, 1.82) is 0 Å². The Morgan fingerprint density at radius 1 is 1.29 bits per heavy atom. The molecule has 0 unspecified atom stereocenters. The minimum Gasteiger partial charge on any atom is -0.337 e. The monoisotopic (exact) mass is 383 g/mol. The van der Waals surface area contributed by atoms with Crippen LogP contribution in [0.25, 0.3) is 11.2 Å². The predicted molar refractivity (Wildman–Crippen MR) is 103 cm³/mol. The van der Waals surface area contributed by atoms with E-state index in [4.69, 9.17) is 0 Å². The van der Waals surface area contributed by atoms with E-state index in [1.165, 1.54) is 6.07 Å². The fourth-order valence-electron chi connectivity index (χ4n) is 3.79. The van der Waals surface area contributed by atoms with E-state index in [0.29, 0.717) is 30.8 Å². The van der Waals surface area contributed by atoms with Crippen LogP contribution < -0.4 is 5.69 Å². The summed E-state index contributed by atoms with van der Waals surface area (Å²) in [6.07, 6.45) is 4.37. The molecule has 0 atom stereocenters. The third kappa shape index (κ3) is 3.19. The van der Waals surface area contributed by atoms with Crippen LogP contribution in [0.4, 0.5) is 4.39 Å².